The summed E-state index contributed by atoms with van der Waals surface area (Å²) in [6.07, 6.45) is 3.71. The van der Waals surface area contributed by atoms with E-state index in [-0.39, 0.29) is 0 Å². The van der Waals surface area contributed by atoms with Crippen LogP contribution in [0, 0.1) is 0 Å². The Hall–Kier alpha value is -2.17. The number of halogens is 1. The highest BCUT2D eigenvalue weighted by atomic mass is 35.5. The zero-order valence-electron chi connectivity index (χ0n) is 12.9. The van der Waals surface area contributed by atoms with Gasteiger partial charge in [0.15, 0.2) is 0 Å². The molecule has 0 saturated heterocycles. The summed E-state index contributed by atoms with van der Waals surface area (Å²) < 4.78 is 7.25. The second-order valence-electron chi connectivity index (χ2n) is 5.08. The molecular formula is C18H18ClN3O. The number of rotatable bonds is 6. The maximum absolute atomic E-state index is 6.24. The Morgan fingerprint density at radius 2 is 2.00 bits per heavy atom. The number of benzene rings is 1. The molecule has 0 fully saturated rings. The Balaban J connectivity index is 1.84. The Kier molecular flexibility index (Phi) is 5.05. The van der Waals surface area contributed by atoms with Crippen LogP contribution >= 0.6 is 11.6 Å². The molecule has 0 bridgehead atoms. The average molecular weight is 328 g/mol. The minimum atomic E-state index is 0.645. The van der Waals surface area contributed by atoms with Gasteiger partial charge in [-0.05, 0) is 31.2 Å². The lowest BCUT2D eigenvalue weighted by Gasteiger charge is -2.05. The first-order chi connectivity index (χ1) is 11.3. The van der Waals surface area contributed by atoms with E-state index in [1.54, 1.807) is 6.20 Å². The van der Waals surface area contributed by atoms with Crippen LogP contribution < -0.4 is 0 Å². The first-order valence-electron chi connectivity index (χ1n) is 7.60. The van der Waals surface area contributed by atoms with Crippen LogP contribution in [0.2, 0.25) is 5.02 Å². The molecule has 0 amide bonds. The molecule has 118 valence electrons. The van der Waals surface area contributed by atoms with E-state index >= 15 is 0 Å². The van der Waals surface area contributed by atoms with Crippen LogP contribution in [0.15, 0.2) is 54.9 Å². The van der Waals surface area contributed by atoms with Crippen molar-refractivity contribution in [3.63, 3.8) is 0 Å². The van der Waals surface area contributed by atoms with Crippen molar-refractivity contribution in [1.82, 2.24) is 14.8 Å². The first kappa shape index (κ1) is 15.7. The summed E-state index contributed by atoms with van der Waals surface area (Å²) in [7, 11) is 0. The van der Waals surface area contributed by atoms with Gasteiger partial charge in [0.25, 0.3) is 0 Å². The predicted octanol–water partition coefficient (Wildman–Crippen LogP) is 4.30. The molecular weight excluding hydrogens is 310 g/mol. The average Bonchev–Trinajstić information content (AvgIpc) is 3.05. The van der Waals surface area contributed by atoms with Crippen LogP contribution in [0.5, 0.6) is 0 Å². The molecule has 0 atom stereocenters. The molecule has 2 heterocycles. The maximum Gasteiger partial charge on any atom is 0.0923 e. The largest absolute Gasteiger partial charge is 0.380 e. The van der Waals surface area contributed by atoms with Gasteiger partial charge in [-0.25, -0.2) is 0 Å². The molecule has 2 aromatic heterocycles. The van der Waals surface area contributed by atoms with Gasteiger partial charge >= 0.3 is 0 Å². The lowest BCUT2D eigenvalue weighted by molar-refractivity contribution is 0.136. The molecule has 4 nitrogen and oxygen atoms in total. The van der Waals surface area contributed by atoms with E-state index in [4.69, 9.17) is 16.3 Å². The van der Waals surface area contributed by atoms with Gasteiger partial charge in [-0.1, -0.05) is 29.8 Å². The zero-order valence-corrected chi connectivity index (χ0v) is 13.7. The van der Waals surface area contributed by atoms with E-state index in [9.17, 15) is 0 Å². The Morgan fingerprint density at radius 3 is 2.83 bits per heavy atom. The normalized spacial score (nSPS) is 10.9. The van der Waals surface area contributed by atoms with Gasteiger partial charge in [0.05, 0.1) is 29.6 Å². The van der Waals surface area contributed by atoms with Crippen molar-refractivity contribution in [1.29, 1.82) is 0 Å². The van der Waals surface area contributed by atoms with E-state index in [1.807, 2.05) is 54.2 Å². The lowest BCUT2D eigenvalue weighted by atomic mass is 10.1. The van der Waals surface area contributed by atoms with E-state index in [1.165, 1.54) is 0 Å². The molecule has 0 unspecified atom stereocenters. The summed E-state index contributed by atoms with van der Waals surface area (Å²) in [5.41, 5.74) is 3.73. The molecule has 0 aliphatic heterocycles. The highest BCUT2D eigenvalue weighted by Crippen LogP contribution is 2.28. The fraction of sp³-hybridized carbons (Fsp3) is 0.222. The second-order valence-corrected chi connectivity index (χ2v) is 5.48. The highest BCUT2D eigenvalue weighted by molar-refractivity contribution is 6.33. The summed E-state index contributed by atoms with van der Waals surface area (Å²) in [6, 6.07) is 13.8. The highest BCUT2D eigenvalue weighted by Gasteiger charge is 2.08. The fourth-order valence-electron chi connectivity index (χ4n) is 2.37. The van der Waals surface area contributed by atoms with E-state index in [2.05, 4.69) is 16.1 Å². The van der Waals surface area contributed by atoms with Crippen molar-refractivity contribution in [2.75, 3.05) is 13.2 Å². The number of nitrogens with zero attached hydrogens (tertiary/aromatic N) is 3. The van der Waals surface area contributed by atoms with Crippen molar-refractivity contribution < 1.29 is 4.74 Å². The van der Waals surface area contributed by atoms with Gasteiger partial charge in [0.2, 0.25) is 0 Å². The summed E-state index contributed by atoms with van der Waals surface area (Å²) in [6.45, 7) is 4.13. The summed E-state index contributed by atoms with van der Waals surface area (Å²) in [5.74, 6) is 0. The Morgan fingerprint density at radius 1 is 1.13 bits per heavy atom. The number of hydrogen-bond acceptors (Lipinski definition) is 3. The molecule has 0 spiro atoms. The molecule has 3 aromatic rings. The lowest BCUT2D eigenvalue weighted by Crippen LogP contribution is -2.06. The predicted molar refractivity (Wildman–Crippen MR) is 92.4 cm³/mol. The molecule has 0 saturated carbocycles. The van der Waals surface area contributed by atoms with Crippen molar-refractivity contribution in [3.05, 3.63) is 59.9 Å². The van der Waals surface area contributed by atoms with E-state index in [0.717, 1.165) is 35.7 Å². The topological polar surface area (TPSA) is 39.9 Å². The van der Waals surface area contributed by atoms with Crippen molar-refractivity contribution in [3.8, 4) is 22.5 Å². The van der Waals surface area contributed by atoms with Crippen molar-refractivity contribution >= 4 is 11.6 Å². The molecule has 0 aliphatic carbocycles. The number of pyridine rings is 1. The molecule has 0 radical (unpaired) electrons. The van der Waals surface area contributed by atoms with Gasteiger partial charge in [-0.3, -0.25) is 9.67 Å². The van der Waals surface area contributed by atoms with Gasteiger partial charge in [0, 0.05) is 30.1 Å². The maximum atomic E-state index is 6.24. The third-order valence-corrected chi connectivity index (χ3v) is 3.80. The number of hydrogen-bond donors (Lipinski definition) is 0. The third-order valence-electron chi connectivity index (χ3n) is 3.50. The molecule has 0 N–H and O–H groups in total. The van der Waals surface area contributed by atoms with E-state index in [0.29, 0.717) is 11.6 Å². The molecule has 1 aromatic carbocycles. The molecule has 0 aliphatic rings. The summed E-state index contributed by atoms with van der Waals surface area (Å²) in [5, 5.41) is 5.24. The van der Waals surface area contributed by atoms with Crippen LogP contribution in [0.1, 0.15) is 6.92 Å². The Labute approximate surface area is 140 Å². The summed E-state index contributed by atoms with van der Waals surface area (Å²) in [4.78, 5) is 4.36. The smallest absolute Gasteiger partial charge is 0.0923 e. The standard InChI is InChI=1S/C18H18ClN3O/c1-2-23-12-11-22-10-8-17(21-22)14-5-3-6-15(13-14)18-16(19)7-4-9-20-18/h3-10,13H,2,11-12H2,1H3. The summed E-state index contributed by atoms with van der Waals surface area (Å²) >= 11 is 6.24. The molecule has 5 heteroatoms. The van der Waals surface area contributed by atoms with Gasteiger partial charge < -0.3 is 4.74 Å². The van der Waals surface area contributed by atoms with Crippen LogP contribution in [-0.2, 0) is 11.3 Å². The van der Waals surface area contributed by atoms with Gasteiger partial charge in [0.1, 0.15) is 0 Å². The van der Waals surface area contributed by atoms with Crippen LogP contribution in [0.25, 0.3) is 22.5 Å². The van der Waals surface area contributed by atoms with Crippen molar-refractivity contribution in [2.24, 2.45) is 0 Å². The second kappa shape index (κ2) is 7.40. The minimum absolute atomic E-state index is 0.645. The van der Waals surface area contributed by atoms with Crippen LogP contribution in [-0.4, -0.2) is 28.0 Å². The quantitative estimate of drug-likeness (QED) is 0.634. The van der Waals surface area contributed by atoms with E-state index < -0.39 is 0 Å². The van der Waals surface area contributed by atoms with Crippen LogP contribution in [0.4, 0.5) is 0 Å². The Bertz CT molecular complexity index is 785. The first-order valence-corrected chi connectivity index (χ1v) is 7.98. The number of ether oxygens (including phenoxy) is 1. The molecule has 23 heavy (non-hydrogen) atoms. The fourth-order valence-corrected chi connectivity index (χ4v) is 2.60. The minimum Gasteiger partial charge on any atom is -0.380 e. The van der Waals surface area contributed by atoms with Gasteiger partial charge in [-0.2, -0.15) is 5.10 Å². The zero-order chi connectivity index (χ0) is 16.1. The van der Waals surface area contributed by atoms with Gasteiger partial charge in [-0.15, -0.1) is 0 Å². The van der Waals surface area contributed by atoms with Crippen molar-refractivity contribution in [2.45, 2.75) is 13.5 Å². The third kappa shape index (κ3) is 3.78. The van der Waals surface area contributed by atoms with Crippen LogP contribution in [0.3, 0.4) is 0 Å². The molecule has 3 rings (SSSR count). The SMILES string of the molecule is CCOCCn1ccc(-c2cccc(-c3ncccc3Cl)c2)n1. The monoisotopic (exact) mass is 327 g/mol. The number of aromatic nitrogens is 3.